The Bertz CT molecular complexity index is 5910. The summed E-state index contributed by atoms with van der Waals surface area (Å²) in [5, 5.41) is 14.2. The third-order valence-electron chi connectivity index (χ3n) is 17.9. The van der Waals surface area contributed by atoms with Gasteiger partial charge in [0.1, 0.15) is 0 Å². The van der Waals surface area contributed by atoms with E-state index in [-0.39, 0.29) is 0 Å². The average Bonchev–Trinajstić information content (AvgIpc) is 1.60. The highest BCUT2D eigenvalue weighted by atomic mass is 32.1. The molecule has 5 aromatic heterocycles. The third kappa shape index (κ3) is 6.69. The van der Waals surface area contributed by atoms with Crippen LogP contribution in [0, 0.1) is 0 Å². The molecule has 0 atom stereocenters. The second-order valence-electron chi connectivity index (χ2n) is 22.4. The van der Waals surface area contributed by atoms with Gasteiger partial charge in [0.2, 0.25) is 11.9 Å². The molecule has 0 N–H and O–H groups in total. The quantitative estimate of drug-likeness (QED) is 0.166. The van der Waals surface area contributed by atoms with Gasteiger partial charge >= 0.3 is 0 Å². The van der Waals surface area contributed by atoms with E-state index in [9.17, 15) is 0 Å². The molecular formula is C78H44N6S. The molecule has 392 valence electrons. The second kappa shape index (κ2) is 17.7. The molecule has 13 aromatic carbocycles. The van der Waals surface area contributed by atoms with E-state index in [0.29, 0.717) is 11.9 Å². The second-order valence-corrected chi connectivity index (χ2v) is 23.4. The van der Waals surface area contributed by atoms with E-state index in [0.717, 1.165) is 88.3 Å². The number of para-hydroxylation sites is 4. The van der Waals surface area contributed by atoms with Crippen molar-refractivity contribution in [2.75, 3.05) is 0 Å². The molecule has 0 spiro atoms. The Hall–Kier alpha value is -11.1. The Labute approximate surface area is 490 Å². The molecule has 7 heteroatoms. The van der Waals surface area contributed by atoms with Gasteiger partial charge in [0.15, 0.2) is 0 Å². The summed E-state index contributed by atoms with van der Waals surface area (Å²) < 4.78 is 7.14. The molecule has 0 bridgehead atoms. The topological polar surface area (TPSA) is 61.4 Å². The summed E-state index contributed by atoms with van der Waals surface area (Å²) in [5.41, 5.74) is 19.5. The van der Waals surface area contributed by atoms with Crippen molar-refractivity contribution in [1.29, 1.82) is 0 Å². The summed E-state index contributed by atoms with van der Waals surface area (Å²) >= 11 is 1.85. The molecule has 0 saturated heterocycles. The van der Waals surface area contributed by atoms with E-state index in [4.69, 9.17) is 19.9 Å². The van der Waals surface area contributed by atoms with Crippen molar-refractivity contribution in [2.24, 2.45) is 0 Å². The van der Waals surface area contributed by atoms with Gasteiger partial charge in [-0.25, -0.2) is 19.9 Å². The minimum Gasteiger partial charge on any atom is -0.277 e. The highest BCUT2D eigenvalue weighted by molar-refractivity contribution is 7.27. The maximum Gasteiger partial charge on any atom is 0.235 e. The minimum absolute atomic E-state index is 0.645. The number of thiophene rings is 1. The van der Waals surface area contributed by atoms with Crippen LogP contribution >= 0.6 is 11.3 Å². The summed E-state index contributed by atoms with van der Waals surface area (Å²) in [4.78, 5) is 22.0. The summed E-state index contributed by atoms with van der Waals surface area (Å²) in [6.45, 7) is 0. The fraction of sp³-hybridized carbons (Fsp3) is 0. The first-order valence-electron chi connectivity index (χ1n) is 28.9. The van der Waals surface area contributed by atoms with Crippen LogP contribution in [0.1, 0.15) is 0 Å². The predicted octanol–water partition coefficient (Wildman–Crippen LogP) is 20.8. The van der Waals surface area contributed by atoms with Crippen LogP contribution < -0.4 is 0 Å². The van der Waals surface area contributed by atoms with Gasteiger partial charge in [0, 0.05) is 64.3 Å². The van der Waals surface area contributed by atoms with Gasteiger partial charge in [0.25, 0.3) is 0 Å². The Kier molecular flexibility index (Phi) is 9.68. The highest BCUT2D eigenvalue weighted by Gasteiger charge is 2.29. The molecule has 85 heavy (non-hydrogen) atoms. The van der Waals surface area contributed by atoms with E-state index in [2.05, 4.69) is 276 Å². The molecule has 6 nitrogen and oxygen atoms in total. The summed E-state index contributed by atoms with van der Waals surface area (Å²) in [5.74, 6) is 1.29. The minimum atomic E-state index is 0.645. The number of hydrogen-bond donors (Lipinski definition) is 0. The number of fused-ring (bicyclic) bond motifs is 19. The number of aromatic nitrogens is 6. The van der Waals surface area contributed by atoms with Crippen molar-refractivity contribution < 1.29 is 0 Å². The fourth-order valence-electron chi connectivity index (χ4n) is 14.2. The smallest absolute Gasteiger partial charge is 0.235 e. The standard InChI is InChI=1S/C78H44N6S/c1-2-18-45(19-3-1)46-36-38-47(39-37-46)72-56-25-6-11-31-64(56)79-77(81-72)83-66-33-13-8-22-52(66)63-44-62-61-43-49(40-41-51(61)53-29-17-30-60(69(53)62)74(63)83)48-20-16-21-50(42-48)73-57-26-7-12-32-65(57)80-78(82-73)84-67-34-14-9-27-58(67)70-54-23-4-5-24-55(54)71-59-28-10-15-35-68(59)85-76(71)75(70)84/h1-44H. The molecule has 1 aliphatic carbocycles. The molecule has 0 unspecified atom stereocenters. The largest absolute Gasteiger partial charge is 0.277 e. The Morgan fingerprint density at radius 2 is 0.776 bits per heavy atom. The summed E-state index contributed by atoms with van der Waals surface area (Å²) in [7, 11) is 0. The van der Waals surface area contributed by atoms with E-state index in [1.807, 2.05) is 11.3 Å². The van der Waals surface area contributed by atoms with Crippen molar-refractivity contribution >= 4 is 118 Å². The van der Waals surface area contributed by atoms with Crippen LogP contribution in [0.5, 0.6) is 0 Å². The number of rotatable bonds is 6. The molecule has 0 aliphatic heterocycles. The van der Waals surface area contributed by atoms with Crippen LogP contribution in [0.2, 0.25) is 0 Å². The van der Waals surface area contributed by atoms with E-state index >= 15 is 0 Å². The lowest BCUT2D eigenvalue weighted by Crippen LogP contribution is -2.03. The molecule has 5 heterocycles. The number of nitrogens with zero attached hydrogens (tertiary/aromatic N) is 6. The Morgan fingerprint density at radius 1 is 0.259 bits per heavy atom. The molecule has 0 amide bonds. The van der Waals surface area contributed by atoms with E-state index in [1.54, 1.807) is 0 Å². The predicted molar refractivity (Wildman–Crippen MR) is 355 cm³/mol. The highest BCUT2D eigenvalue weighted by Crippen LogP contribution is 2.53. The van der Waals surface area contributed by atoms with Crippen molar-refractivity contribution in [3.05, 3.63) is 267 Å². The lowest BCUT2D eigenvalue weighted by Gasteiger charge is -2.14. The van der Waals surface area contributed by atoms with Gasteiger partial charge in [0.05, 0.1) is 49.2 Å². The molecule has 0 fully saturated rings. The maximum absolute atomic E-state index is 5.67. The summed E-state index contributed by atoms with van der Waals surface area (Å²) in [6.07, 6.45) is 0. The fourth-order valence-corrected chi connectivity index (χ4v) is 15.4. The zero-order valence-corrected chi connectivity index (χ0v) is 46.3. The van der Waals surface area contributed by atoms with Crippen molar-refractivity contribution in [3.63, 3.8) is 0 Å². The maximum atomic E-state index is 5.67. The lowest BCUT2D eigenvalue weighted by atomic mass is 9.95. The van der Waals surface area contributed by atoms with Crippen LogP contribution in [-0.4, -0.2) is 29.1 Å². The van der Waals surface area contributed by atoms with Crippen LogP contribution in [0.3, 0.4) is 0 Å². The monoisotopic (exact) mass is 1100 g/mol. The van der Waals surface area contributed by atoms with Crippen molar-refractivity contribution in [2.45, 2.75) is 0 Å². The first-order chi connectivity index (χ1) is 42.2. The summed E-state index contributed by atoms with van der Waals surface area (Å²) in [6, 6.07) is 96.5. The molecule has 1 aliphatic rings. The van der Waals surface area contributed by atoms with Crippen LogP contribution in [0.15, 0.2) is 267 Å². The molecule has 0 saturated carbocycles. The third-order valence-corrected chi connectivity index (χ3v) is 19.0. The Balaban J connectivity index is 0.767. The normalized spacial score (nSPS) is 12.2. The van der Waals surface area contributed by atoms with Gasteiger partial charge in [-0.05, 0) is 109 Å². The number of benzene rings is 13. The molecule has 0 radical (unpaired) electrons. The van der Waals surface area contributed by atoms with Crippen LogP contribution in [0.25, 0.3) is 186 Å². The zero-order valence-electron chi connectivity index (χ0n) is 45.5. The molecule has 19 rings (SSSR count). The SMILES string of the molecule is c1ccc(-c2ccc(-c3nc(-n4c5ccccc5c5cc6c7c(cccc7c54)-c4ccc(-c5cccc(-c7nc(-n8c9ccccc9c9c%10ccccc%10c%10c%11ccccc%11sc%10c98)nc8ccccc78)c5)cc4-6)nc4ccccc34)cc2)cc1. The molecular weight excluding hydrogens is 1050 g/mol. The first-order valence-corrected chi connectivity index (χ1v) is 29.7. The Morgan fingerprint density at radius 3 is 1.53 bits per heavy atom. The van der Waals surface area contributed by atoms with Gasteiger partial charge in [-0.3, -0.25) is 9.13 Å². The number of hydrogen-bond acceptors (Lipinski definition) is 5. The van der Waals surface area contributed by atoms with Crippen LogP contribution in [-0.2, 0) is 0 Å². The van der Waals surface area contributed by atoms with Gasteiger partial charge in [-0.2, -0.15) is 0 Å². The lowest BCUT2D eigenvalue weighted by molar-refractivity contribution is 1.02. The van der Waals surface area contributed by atoms with Crippen LogP contribution in [0.4, 0.5) is 0 Å². The van der Waals surface area contributed by atoms with Crippen molar-refractivity contribution in [3.8, 4) is 78.9 Å². The van der Waals surface area contributed by atoms with Gasteiger partial charge < -0.3 is 0 Å². The van der Waals surface area contributed by atoms with E-state index < -0.39 is 0 Å². The zero-order chi connectivity index (χ0) is 55.4. The average molecular weight is 1100 g/mol. The van der Waals surface area contributed by atoms with Crippen molar-refractivity contribution in [1.82, 2.24) is 29.1 Å². The van der Waals surface area contributed by atoms with Gasteiger partial charge in [-0.15, -0.1) is 11.3 Å². The first kappa shape index (κ1) is 46.5. The van der Waals surface area contributed by atoms with E-state index in [1.165, 1.54) is 85.9 Å². The molecule has 18 aromatic rings. The van der Waals surface area contributed by atoms with Gasteiger partial charge in [-0.1, -0.05) is 218 Å².